The topological polar surface area (TPSA) is 54.4 Å². The minimum Gasteiger partial charge on any atom is -0.396 e. The molecule has 5 aliphatic carbocycles. The summed E-state index contributed by atoms with van der Waals surface area (Å²) in [5.41, 5.74) is 0.569. The van der Waals surface area contributed by atoms with Gasteiger partial charge in [0.05, 0.1) is 0 Å². The van der Waals surface area contributed by atoms with E-state index in [4.69, 9.17) is 0 Å². The molecule has 1 N–H and O–H groups in total. The Kier molecular flexibility index (Phi) is 4.92. The van der Waals surface area contributed by atoms with Crippen molar-refractivity contribution in [2.45, 2.75) is 98.8 Å². The molecule has 0 radical (unpaired) electrons. The molecule has 0 aromatic carbocycles. The molecule has 9 unspecified atom stereocenters. The van der Waals surface area contributed by atoms with E-state index in [9.17, 15) is 14.7 Å². The van der Waals surface area contributed by atoms with Gasteiger partial charge in [-0.1, -0.05) is 34.6 Å². The van der Waals surface area contributed by atoms with Crippen LogP contribution >= 0.6 is 0 Å². The SMILES string of the molecule is CC1C(=O)CCC2(C)C1CCC1(C)C3CCC4(CO)CCC(C)(C)CC4C3C(=O)CC21. The molecule has 3 heteroatoms. The standard InChI is InChI=1S/C28H44O3/c1-17-18-6-9-27(5)19-7-11-28(16-29)13-12-25(2,3)15-20(28)24(19)22(31)14-23(27)26(18,4)10-8-21(17)30/h17-20,23-24,29H,6-16H2,1-5H3. The Balaban J connectivity index is 1.52. The molecule has 5 saturated carbocycles. The number of Topliss-reactive ketones (excluding diaryl/α,β-unsaturated/α-hetero) is 2. The highest BCUT2D eigenvalue weighted by Gasteiger charge is 2.66. The zero-order chi connectivity index (χ0) is 22.4. The smallest absolute Gasteiger partial charge is 0.136 e. The number of carbonyl (C=O) groups excluding carboxylic acids is 2. The average molecular weight is 429 g/mol. The van der Waals surface area contributed by atoms with E-state index in [1.54, 1.807) is 0 Å². The first kappa shape index (κ1) is 22.1. The third-order valence-corrected chi connectivity index (χ3v) is 12.1. The van der Waals surface area contributed by atoms with Crippen LogP contribution in [0.25, 0.3) is 0 Å². The van der Waals surface area contributed by atoms with Crippen molar-refractivity contribution in [2.75, 3.05) is 6.61 Å². The van der Waals surface area contributed by atoms with E-state index < -0.39 is 0 Å². The van der Waals surface area contributed by atoms with Gasteiger partial charge < -0.3 is 5.11 Å². The van der Waals surface area contributed by atoms with Crippen LogP contribution in [0.1, 0.15) is 98.8 Å². The normalized spacial score (nSPS) is 53.7. The molecule has 3 nitrogen and oxygen atoms in total. The predicted molar refractivity (Wildman–Crippen MR) is 122 cm³/mol. The molecule has 0 aliphatic heterocycles. The fourth-order valence-corrected chi connectivity index (χ4v) is 10.1. The summed E-state index contributed by atoms with van der Waals surface area (Å²) in [6.45, 7) is 12.1. The fraction of sp³-hybridized carbons (Fsp3) is 0.929. The molecule has 5 rings (SSSR count). The van der Waals surface area contributed by atoms with Crippen molar-refractivity contribution in [1.82, 2.24) is 0 Å². The van der Waals surface area contributed by atoms with Gasteiger partial charge in [-0.2, -0.15) is 0 Å². The summed E-state index contributed by atoms with van der Waals surface area (Å²) in [4.78, 5) is 26.5. The van der Waals surface area contributed by atoms with Gasteiger partial charge >= 0.3 is 0 Å². The number of ketones is 2. The number of hydrogen-bond donors (Lipinski definition) is 1. The molecular formula is C28H44O3. The Morgan fingerprint density at radius 2 is 1.52 bits per heavy atom. The summed E-state index contributed by atoms with van der Waals surface area (Å²) >= 11 is 0. The highest BCUT2D eigenvalue weighted by Crippen LogP contribution is 2.71. The number of aliphatic hydroxyl groups is 1. The van der Waals surface area contributed by atoms with Gasteiger partial charge in [0.1, 0.15) is 11.6 Å². The molecule has 0 amide bonds. The van der Waals surface area contributed by atoms with Crippen molar-refractivity contribution < 1.29 is 14.7 Å². The Morgan fingerprint density at radius 3 is 2.23 bits per heavy atom. The van der Waals surface area contributed by atoms with Crippen molar-refractivity contribution in [3.05, 3.63) is 0 Å². The maximum absolute atomic E-state index is 14.0. The average Bonchev–Trinajstić information content (AvgIpc) is 2.72. The number of hydrogen-bond acceptors (Lipinski definition) is 3. The maximum atomic E-state index is 14.0. The number of rotatable bonds is 1. The van der Waals surface area contributed by atoms with Gasteiger partial charge in [0.15, 0.2) is 0 Å². The highest BCUT2D eigenvalue weighted by atomic mass is 16.3. The zero-order valence-corrected chi connectivity index (χ0v) is 20.5. The van der Waals surface area contributed by atoms with Gasteiger partial charge in [-0.05, 0) is 96.7 Å². The van der Waals surface area contributed by atoms with Crippen LogP contribution in [0, 0.1) is 57.2 Å². The van der Waals surface area contributed by atoms with Crippen molar-refractivity contribution in [2.24, 2.45) is 57.2 Å². The summed E-state index contributed by atoms with van der Waals surface area (Å²) in [5.74, 6) is 2.92. The molecule has 31 heavy (non-hydrogen) atoms. The summed E-state index contributed by atoms with van der Waals surface area (Å²) < 4.78 is 0. The minimum atomic E-state index is -0.0254. The van der Waals surface area contributed by atoms with Gasteiger partial charge in [0.2, 0.25) is 0 Å². The first-order valence-electron chi connectivity index (χ1n) is 13.1. The second-order valence-corrected chi connectivity index (χ2v) is 13.8. The van der Waals surface area contributed by atoms with E-state index in [2.05, 4.69) is 34.6 Å². The van der Waals surface area contributed by atoms with Crippen LogP contribution in [0.5, 0.6) is 0 Å². The summed E-state index contributed by atoms with van der Waals surface area (Å²) in [6, 6.07) is 0. The Bertz CT molecular complexity index is 785. The van der Waals surface area contributed by atoms with Crippen molar-refractivity contribution in [3.8, 4) is 0 Å². The predicted octanol–water partition coefficient (Wildman–Crippen LogP) is 5.83. The van der Waals surface area contributed by atoms with E-state index in [0.29, 0.717) is 48.1 Å². The number of fused-ring (bicyclic) bond motifs is 7. The molecule has 174 valence electrons. The van der Waals surface area contributed by atoms with Crippen LogP contribution in [-0.2, 0) is 9.59 Å². The molecule has 5 aliphatic rings. The number of carbonyl (C=O) groups is 2. The lowest BCUT2D eigenvalue weighted by Crippen LogP contribution is -2.64. The van der Waals surface area contributed by atoms with Gasteiger partial charge in [0, 0.05) is 31.3 Å². The lowest BCUT2D eigenvalue weighted by Gasteiger charge is -2.68. The third-order valence-electron chi connectivity index (χ3n) is 12.1. The van der Waals surface area contributed by atoms with Crippen LogP contribution in [-0.4, -0.2) is 23.3 Å². The van der Waals surface area contributed by atoms with Gasteiger partial charge in [-0.15, -0.1) is 0 Å². The monoisotopic (exact) mass is 428 g/mol. The van der Waals surface area contributed by atoms with E-state index in [-0.39, 0.29) is 40.1 Å². The largest absolute Gasteiger partial charge is 0.396 e. The van der Waals surface area contributed by atoms with Crippen LogP contribution in [0.2, 0.25) is 0 Å². The second kappa shape index (κ2) is 6.90. The molecule has 0 aromatic rings. The van der Waals surface area contributed by atoms with Crippen molar-refractivity contribution in [3.63, 3.8) is 0 Å². The maximum Gasteiger partial charge on any atom is 0.136 e. The van der Waals surface area contributed by atoms with E-state index in [1.165, 1.54) is 12.8 Å². The lowest BCUT2D eigenvalue weighted by atomic mass is 9.36. The van der Waals surface area contributed by atoms with E-state index in [1.807, 2.05) is 0 Å². The summed E-state index contributed by atoms with van der Waals surface area (Å²) in [6.07, 6.45) is 10.2. The molecule has 0 aromatic heterocycles. The molecule has 0 bridgehead atoms. The highest BCUT2D eigenvalue weighted by molar-refractivity contribution is 5.84. The first-order chi connectivity index (χ1) is 14.5. The fourth-order valence-electron chi connectivity index (χ4n) is 10.1. The van der Waals surface area contributed by atoms with Crippen molar-refractivity contribution in [1.29, 1.82) is 0 Å². The molecule has 9 atom stereocenters. The minimum absolute atomic E-state index is 0.0254. The summed E-state index contributed by atoms with van der Waals surface area (Å²) in [5, 5.41) is 10.5. The molecule has 0 saturated heterocycles. The Morgan fingerprint density at radius 1 is 0.839 bits per heavy atom. The molecule has 5 fully saturated rings. The van der Waals surface area contributed by atoms with Crippen molar-refractivity contribution >= 4 is 11.6 Å². The Hall–Kier alpha value is -0.700. The molecular weight excluding hydrogens is 384 g/mol. The Labute approximate surface area is 189 Å². The van der Waals surface area contributed by atoms with E-state index >= 15 is 0 Å². The lowest BCUT2D eigenvalue weighted by molar-refractivity contribution is -0.200. The summed E-state index contributed by atoms with van der Waals surface area (Å²) in [7, 11) is 0. The van der Waals surface area contributed by atoms with Crippen LogP contribution in [0.4, 0.5) is 0 Å². The quantitative estimate of drug-likeness (QED) is 0.572. The van der Waals surface area contributed by atoms with Gasteiger partial charge in [-0.25, -0.2) is 0 Å². The number of aliphatic hydroxyl groups excluding tert-OH is 1. The van der Waals surface area contributed by atoms with Crippen LogP contribution in [0.15, 0.2) is 0 Å². The van der Waals surface area contributed by atoms with Crippen LogP contribution < -0.4 is 0 Å². The first-order valence-corrected chi connectivity index (χ1v) is 13.1. The zero-order valence-electron chi connectivity index (χ0n) is 20.5. The third kappa shape index (κ3) is 2.93. The van der Waals surface area contributed by atoms with Gasteiger partial charge in [-0.3, -0.25) is 9.59 Å². The molecule has 0 spiro atoms. The second-order valence-electron chi connectivity index (χ2n) is 13.8. The van der Waals surface area contributed by atoms with Gasteiger partial charge in [0.25, 0.3) is 0 Å². The molecule has 0 heterocycles. The van der Waals surface area contributed by atoms with Crippen LogP contribution in [0.3, 0.4) is 0 Å². The van der Waals surface area contributed by atoms with E-state index in [0.717, 1.165) is 38.5 Å².